The molecule has 0 aliphatic carbocycles. The van der Waals surface area contributed by atoms with Crippen LogP contribution >= 0.6 is 0 Å². The molecule has 0 amide bonds. The smallest absolute Gasteiger partial charge is 0.120 e. The van der Waals surface area contributed by atoms with Crippen LogP contribution in [0.4, 0.5) is 0 Å². The SMILES string of the molecule is COc1cccc(S(=O)c2c(C)cc(C)cc2C)c1. The van der Waals surface area contributed by atoms with Gasteiger partial charge in [-0.15, -0.1) is 0 Å². The van der Waals surface area contributed by atoms with Crippen LogP contribution in [0, 0.1) is 20.8 Å². The maximum absolute atomic E-state index is 12.7. The molecule has 2 nitrogen and oxygen atoms in total. The first-order chi connectivity index (χ1) is 9.02. The molecule has 1 unspecified atom stereocenters. The lowest BCUT2D eigenvalue weighted by Crippen LogP contribution is -2.00. The second-order valence-corrected chi connectivity index (χ2v) is 6.09. The van der Waals surface area contributed by atoms with Gasteiger partial charge < -0.3 is 4.74 Å². The van der Waals surface area contributed by atoms with Crippen molar-refractivity contribution in [2.75, 3.05) is 7.11 Å². The first kappa shape index (κ1) is 13.8. The predicted molar refractivity (Wildman–Crippen MR) is 78.3 cm³/mol. The molecule has 19 heavy (non-hydrogen) atoms. The summed E-state index contributed by atoms with van der Waals surface area (Å²) >= 11 is 0. The van der Waals surface area contributed by atoms with Gasteiger partial charge >= 0.3 is 0 Å². The Morgan fingerprint density at radius 3 is 2.21 bits per heavy atom. The van der Waals surface area contributed by atoms with Gasteiger partial charge in [0, 0.05) is 9.79 Å². The van der Waals surface area contributed by atoms with Crippen molar-refractivity contribution in [1.29, 1.82) is 0 Å². The van der Waals surface area contributed by atoms with Crippen molar-refractivity contribution >= 4 is 10.8 Å². The summed E-state index contributed by atoms with van der Waals surface area (Å²) < 4.78 is 17.9. The number of hydrogen-bond donors (Lipinski definition) is 0. The standard InChI is InChI=1S/C16H18O2S/c1-11-8-12(2)16(13(3)9-11)19(17)15-7-5-6-14(10-15)18-4/h5-10H,1-4H3. The molecule has 0 fully saturated rings. The van der Waals surface area contributed by atoms with E-state index < -0.39 is 10.8 Å². The number of hydrogen-bond acceptors (Lipinski definition) is 2. The van der Waals surface area contributed by atoms with Gasteiger partial charge in [0.2, 0.25) is 0 Å². The fourth-order valence-electron chi connectivity index (χ4n) is 2.29. The van der Waals surface area contributed by atoms with Crippen LogP contribution in [0.5, 0.6) is 5.75 Å². The van der Waals surface area contributed by atoms with Gasteiger partial charge in [-0.2, -0.15) is 0 Å². The molecule has 0 aromatic heterocycles. The highest BCUT2D eigenvalue weighted by Crippen LogP contribution is 2.26. The normalized spacial score (nSPS) is 12.2. The minimum absolute atomic E-state index is 0.730. The van der Waals surface area contributed by atoms with E-state index in [2.05, 4.69) is 19.1 Å². The molecule has 0 saturated heterocycles. The van der Waals surface area contributed by atoms with Gasteiger partial charge in [-0.05, 0) is 50.1 Å². The van der Waals surface area contributed by atoms with Crippen LogP contribution in [-0.4, -0.2) is 11.3 Å². The monoisotopic (exact) mass is 274 g/mol. The molecule has 0 radical (unpaired) electrons. The molecule has 2 aromatic rings. The molecule has 0 saturated carbocycles. The number of methoxy groups -OCH3 is 1. The van der Waals surface area contributed by atoms with Crippen molar-refractivity contribution in [2.24, 2.45) is 0 Å². The summed E-state index contributed by atoms with van der Waals surface area (Å²) in [7, 11) is 0.445. The first-order valence-corrected chi connectivity index (χ1v) is 7.31. The molecule has 0 aliphatic rings. The molecular formula is C16H18O2S. The molecule has 1 atom stereocenters. The Hall–Kier alpha value is -1.61. The highest BCUT2D eigenvalue weighted by atomic mass is 32.2. The van der Waals surface area contributed by atoms with Crippen LogP contribution in [-0.2, 0) is 10.8 Å². The van der Waals surface area contributed by atoms with Crippen LogP contribution in [0.1, 0.15) is 16.7 Å². The molecule has 0 N–H and O–H groups in total. The maximum Gasteiger partial charge on any atom is 0.120 e. The lowest BCUT2D eigenvalue weighted by atomic mass is 10.1. The summed E-state index contributed by atoms with van der Waals surface area (Å²) in [5.74, 6) is 0.730. The van der Waals surface area contributed by atoms with Gasteiger partial charge in [0.1, 0.15) is 5.75 Å². The highest BCUT2D eigenvalue weighted by Gasteiger charge is 2.14. The van der Waals surface area contributed by atoms with E-state index in [0.29, 0.717) is 0 Å². The number of benzene rings is 2. The van der Waals surface area contributed by atoms with E-state index >= 15 is 0 Å². The molecule has 0 heterocycles. The molecule has 2 aromatic carbocycles. The fraction of sp³-hybridized carbons (Fsp3) is 0.250. The Morgan fingerprint density at radius 2 is 1.63 bits per heavy atom. The fourth-order valence-corrected chi connectivity index (χ4v) is 3.66. The largest absolute Gasteiger partial charge is 0.497 e. The average Bonchev–Trinajstić information content (AvgIpc) is 2.37. The van der Waals surface area contributed by atoms with Crippen molar-refractivity contribution in [1.82, 2.24) is 0 Å². The molecule has 100 valence electrons. The third-order valence-corrected chi connectivity index (χ3v) is 4.74. The minimum Gasteiger partial charge on any atom is -0.497 e. The molecule has 0 aliphatic heterocycles. The van der Waals surface area contributed by atoms with Crippen LogP contribution in [0.2, 0.25) is 0 Å². The predicted octanol–water partition coefficient (Wildman–Crippen LogP) is 3.79. The van der Waals surface area contributed by atoms with Crippen molar-refractivity contribution in [3.8, 4) is 5.75 Å². The summed E-state index contributed by atoms with van der Waals surface area (Å²) in [5.41, 5.74) is 3.33. The van der Waals surface area contributed by atoms with Gasteiger partial charge in [0.05, 0.1) is 17.9 Å². The summed E-state index contributed by atoms with van der Waals surface area (Å²) in [6.07, 6.45) is 0. The van der Waals surface area contributed by atoms with E-state index in [9.17, 15) is 4.21 Å². The molecule has 3 heteroatoms. The van der Waals surface area contributed by atoms with Gasteiger partial charge in [-0.1, -0.05) is 23.8 Å². The van der Waals surface area contributed by atoms with E-state index in [1.165, 1.54) is 5.56 Å². The summed E-state index contributed by atoms with van der Waals surface area (Å²) in [6.45, 7) is 6.07. The number of aryl methyl sites for hydroxylation is 3. The third kappa shape index (κ3) is 2.87. The quantitative estimate of drug-likeness (QED) is 0.851. The average molecular weight is 274 g/mol. The minimum atomic E-state index is -1.17. The Labute approximate surface area is 116 Å². The Kier molecular flexibility index (Phi) is 4.05. The Balaban J connectivity index is 2.50. The van der Waals surface area contributed by atoms with E-state index in [1.54, 1.807) is 7.11 Å². The van der Waals surface area contributed by atoms with Crippen molar-refractivity contribution in [3.05, 3.63) is 53.1 Å². The zero-order chi connectivity index (χ0) is 14.0. The van der Waals surface area contributed by atoms with Crippen molar-refractivity contribution in [2.45, 2.75) is 30.6 Å². The van der Waals surface area contributed by atoms with E-state index in [4.69, 9.17) is 4.74 Å². The summed E-state index contributed by atoms with van der Waals surface area (Å²) in [4.78, 5) is 1.67. The van der Waals surface area contributed by atoms with Gasteiger partial charge in [-0.25, -0.2) is 4.21 Å². The van der Waals surface area contributed by atoms with Crippen LogP contribution in [0.25, 0.3) is 0 Å². The first-order valence-electron chi connectivity index (χ1n) is 6.16. The lowest BCUT2D eigenvalue weighted by molar-refractivity contribution is 0.413. The Bertz CT molecular complexity index is 609. The second-order valence-electron chi connectivity index (χ2n) is 4.68. The van der Waals surface area contributed by atoms with Gasteiger partial charge in [0.25, 0.3) is 0 Å². The van der Waals surface area contributed by atoms with Gasteiger partial charge in [-0.3, -0.25) is 0 Å². The van der Waals surface area contributed by atoms with Crippen molar-refractivity contribution in [3.63, 3.8) is 0 Å². The molecular weight excluding hydrogens is 256 g/mol. The van der Waals surface area contributed by atoms with Crippen LogP contribution in [0.3, 0.4) is 0 Å². The third-order valence-electron chi connectivity index (χ3n) is 3.05. The number of rotatable bonds is 3. The number of ether oxygens (including phenoxy) is 1. The maximum atomic E-state index is 12.7. The molecule has 2 rings (SSSR count). The summed E-state index contributed by atoms with van der Waals surface area (Å²) in [5, 5.41) is 0. The topological polar surface area (TPSA) is 26.3 Å². The summed E-state index contributed by atoms with van der Waals surface area (Å²) in [6, 6.07) is 11.6. The molecule has 0 bridgehead atoms. The van der Waals surface area contributed by atoms with Crippen LogP contribution < -0.4 is 4.74 Å². The van der Waals surface area contributed by atoms with Gasteiger partial charge in [0.15, 0.2) is 0 Å². The lowest BCUT2D eigenvalue weighted by Gasteiger charge is -2.11. The Morgan fingerprint density at radius 1 is 1.00 bits per heavy atom. The highest BCUT2D eigenvalue weighted by molar-refractivity contribution is 7.85. The zero-order valence-corrected chi connectivity index (χ0v) is 12.5. The van der Waals surface area contributed by atoms with E-state index in [-0.39, 0.29) is 0 Å². The van der Waals surface area contributed by atoms with Crippen molar-refractivity contribution < 1.29 is 8.95 Å². The van der Waals surface area contributed by atoms with Crippen LogP contribution in [0.15, 0.2) is 46.2 Å². The zero-order valence-electron chi connectivity index (χ0n) is 11.7. The van der Waals surface area contributed by atoms with E-state index in [0.717, 1.165) is 26.7 Å². The second kappa shape index (κ2) is 5.57. The molecule has 0 spiro atoms. The van der Waals surface area contributed by atoms with E-state index in [1.807, 2.05) is 38.1 Å².